The summed E-state index contributed by atoms with van der Waals surface area (Å²) in [6.45, 7) is 10.4. The zero-order valence-corrected chi connectivity index (χ0v) is 21.9. The molecule has 196 valence electrons. The van der Waals surface area contributed by atoms with Gasteiger partial charge in [-0.15, -0.1) is 0 Å². The van der Waals surface area contributed by atoms with Crippen molar-refractivity contribution < 1.29 is 23.8 Å². The number of rotatable bonds is 9. The van der Waals surface area contributed by atoms with Gasteiger partial charge in [0.1, 0.15) is 30.5 Å². The van der Waals surface area contributed by atoms with Gasteiger partial charge in [-0.1, -0.05) is 13.8 Å². The van der Waals surface area contributed by atoms with Crippen LogP contribution in [0.15, 0.2) is 42.7 Å². The summed E-state index contributed by atoms with van der Waals surface area (Å²) >= 11 is 0. The van der Waals surface area contributed by atoms with E-state index in [9.17, 15) is 14.3 Å². The molecule has 0 radical (unpaired) electrons. The van der Waals surface area contributed by atoms with Crippen LogP contribution in [0.3, 0.4) is 0 Å². The molecule has 1 N–H and O–H groups in total. The van der Waals surface area contributed by atoms with Crippen molar-refractivity contribution in [2.45, 2.75) is 47.0 Å². The van der Waals surface area contributed by atoms with Crippen molar-refractivity contribution in [1.29, 1.82) is 0 Å². The average molecular weight is 508 g/mol. The van der Waals surface area contributed by atoms with Crippen molar-refractivity contribution in [3.63, 3.8) is 0 Å². The Morgan fingerprint density at radius 2 is 1.70 bits per heavy atom. The van der Waals surface area contributed by atoms with Crippen LogP contribution in [0.4, 0.5) is 10.1 Å². The Kier molecular flexibility index (Phi) is 7.95. The van der Waals surface area contributed by atoms with E-state index < -0.39 is 5.97 Å². The van der Waals surface area contributed by atoms with Gasteiger partial charge in [-0.25, -0.2) is 4.39 Å². The van der Waals surface area contributed by atoms with E-state index in [2.05, 4.69) is 28.7 Å². The fourth-order valence-electron chi connectivity index (χ4n) is 4.53. The molecule has 0 atom stereocenters. The fourth-order valence-corrected chi connectivity index (χ4v) is 4.53. The van der Waals surface area contributed by atoms with Gasteiger partial charge >= 0.3 is 5.97 Å². The summed E-state index contributed by atoms with van der Waals surface area (Å²) in [6.07, 6.45) is 5.41. The lowest BCUT2D eigenvalue weighted by atomic mass is 9.82. The number of carboxylic acids is 1. The van der Waals surface area contributed by atoms with Crippen LogP contribution < -0.4 is 14.4 Å². The first-order chi connectivity index (χ1) is 17.6. The number of hydrogen-bond acceptors (Lipinski definition) is 6. The Hall–Kier alpha value is -3.68. The van der Waals surface area contributed by atoms with E-state index in [1.165, 1.54) is 6.07 Å². The summed E-state index contributed by atoms with van der Waals surface area (Å²) in [4.78, 5) is 23.1. The Morgan fingerprint density at radius 1 is 1.03 bits per heavy atom. The van der Waals surface area contributed by atoms with E-state index >= 15 is 0 Å². The van der Waals surface area contributed by atoms with Gasteiger partial charge in [0.05, 0.1) is 24.0 Å². The zero-order valence-electron chi connectivity index (χ0n) is 21.9. The van der Waals surface area contributed by atoms with Crippen LogP contribution in [0, 0.1) is 25.1 Å². The van der Waals surface area contributed by atoms with E-state index in [4.69, 9.17) is 9.47 Å². The molecule has 0 saturated carbocycles. The largest absolute Gasteiger partial charge is 0.490 e. The number of anilines is 1. The van der Waals surface area contributed by atoms with Gasteiger partial charge in [-0.05, 0) is 68.0 Å². The van der Waals surface area contributed by atoms with Crippen LogP contribution >= 0.6 is 0 Å². The van der Waals surface area contributed by atoms with E-state index in [0.717, 1.165) is 48.4 Å². The highest BCUT2D eigenvalue weighted by Gasteiger charge is 2.29. The summed E-state index contributed by atoms with van der Waals surface area (Å²) in [5.41, 5.74) is 4.70. The molecule has 1 aliphatic heterocycles. The molecule has 37 heavy (non-hydrogen) atoms. The monoisotopic (exact) mass is 507 g/mol. The van der Waals surface area contributed by atoms with Gasteiger partial charge in [0.15, 0.2) is 0 Å². The third kappa shape index (κ3) is 6.56. The molecule has 0 bridgehead atoms. The number of aryl methyl sites for hydroxylation is 2. The molecule has 2 aromatic heterocycles. The predicted molar refractivity (Wildman–Crippen MR) is 141 cm³/mol. The van der Waals surface area contributed by atoms with Crippen molar-refractivity contribution in [2.75, 3.05) is 31.2 Å². The number of carboxylic acid groups (broad SMARTS) is 1. The minimum Gasteiger partial charge on any atom is -0.490 e. The number of carbonyl (C=O) groups is 1. The summed E-state index contributed by atoms with van der Waals surface area (Å²) < 4.78 is 24.8. The maximum absolute atomic E-state index is 13.4. The van der Waals surface area contributed by atoms with Crippen LogP contribution in [0.5, 0.6) is 11.5 Å². The topological polar surface area (TPSA) is 84.8 Å². The number of aliphatic carboxylic acids is 1. The Morgan fingerprint density at radius 3 is 2.32 bits per heavy atom. The van der Waals surface area contributed by atoms with E-state index in [-0.39, 0.29) is 17.7 Å². The second-order valence-corrected chi connectivity index (χ2v) is 10.3. The number of hydrogen-bond donors (Lipinski definition) is 1. The summed E-state index contributed by atoms with van der Waals surface area (Å²) in [6, 6.07) is 8.33. The smallest absolute Gasteiger partial charge is 0.307 e. The first-order valence-corrected chi connectivity index (χ1v) is 12.6. The second kappa shape index (κ2) is 11.2. The molecule has 1 saturated heterocycles. The molecule has 4 rings (SSSR count). The molecule has 0 spiro atoms. The standard InChI is InChI=1S/C29H34FN3O4/c1-19-15-21(5-7-25(19)30)36-13-14-37-22-6-8-26(32-17-22)24-18-31-20(2)23(16-27(34)35)28(24)33-11-9-29(3,4)10-12-33/h5-8,15,17-18H,9-14,16H2,1-4H3,(H,34,35). The fraction of sp³-hybridized carbons (Fsp3) is 0.414. The number of halogens is 1. The molecule has 8 heteroatoms. The predicted octanol–water partition coefficient (Wildman–Crippen LogP) is 5.61. The number of ether oxygens (including phenoxy) is 2. The minimum atomic E-state index is -0.879. The molecule has 1 aromatic carbocycles. The Labute approximate surface area is 217 Å². The molecule has 7 nitrogen and oxygen atoms in total. The third-order valence-electron chi connectivity index (χ3n) is 6.89. The maximum Gasteiger partial charge on any atom is 0.307 e. The summed E-state index contributed by atoms with van der Waals surface area (Å²) in [5.74, 6) is 0.0413. The van der Waals surface area contributed by atoms with Crippen molar-refractivity contribution in [1.82, 2.24) is 9.97 Å². The lowest BCUT2D eigenvalue weighted by molar-refractivity contribution is -0.136. The van der Waals surface area contributed by atoms with E-state index in [1.807, 2.05) is 19.1 Å². The van der Waals surface area contributed by atoms with Crippen molar-refractivity contribution >= 4 is 11.7 Å². The van der Waals surface area contributed by atoms with Crippen molar-refractivity contribution in [2.24, 2.45) is 5.41 Å². The number of nitrogens with zero attached hydrogens (tertiary/aromatic N) is 3. The summed E-state index contributed by atoms with van der Waals surface area (Å²) in [7, 11) is 0. The lowest BCUT2D eigenvalue weighted by Gasteiger charge is -2.40. The Balaban J connectivity index is 1.49. The number of piperidine rings is 1. The number of pyridine rings is 2. The number of aromatic nitrogens is 2. The SMILES string of the molecule is Cc1cc(OCCOc2ccc(-c3cnc(C)c(CC(=O)O)c3N3CCC(C)(C)CC3)nc2)ccc1F. The summed E-state index contributed by atoms with van der Waals surface area (Å²) in [5, 5.41) is 9.59. The van der Waals surface area contributed by atoms with Gasteiger partial charge in [-0.2, -0.15) is 0 Å². The average Bonchev–Trinajstić information content (AvgIpc) is 2.86. The minimum absolute atomic E-state index is 0.0866. The lowest BCUT2D eigenvalue weighted by Crippen LogP contribution is -2.38. The zero-order chi connectivity index (χ0) is 26.6. The van der Waals surface area contributed by atoms with Crippen LogP contribution in [0.25, 0.3) is 11.3 Å². The first-order valence-electron chi connectivity index (χ1n) is 12.6. The molecule has 0 aliphatic carbocycles. The van der Waals surface area contributed by atoms with Crippen LogP contribution in [0.1, 0.15) is 43.5 Å². The van der Waals surface area contributed by atoms with Crippen molar-refractivity contribution in [3.8, 4) is 22.8 Å². The van der Waals surface area contributed by atoms with Crippen LogP contribution in [-0.2, 0) is 11.2 Å². The van der Waals surface area contributed by atoms with Gasteiger partial charge in [0.25, 0.3) is 0 Å². The second-order valence-electron chi connectivity index (χ2n) is 10.3. The van der Waals surface area contributed by atoms with Crippen molar-refractivity contribution in [3.05, 3.63) is 65.4 Å². The number of benzene rings is 1. The van der Waals surface area contributed by atoms with E-state index in [0.29, 0.717) is 36.0 Å². The molecule has 3 aromatic rings. The molecule has 3 heterocycles. The van der Waals surface area contributed by atoms with Gasteiger partial charge in [0.2, 0.25) is 0 Å². The Bertz CT molecular complexity index is 1250. The highest BCUT2D eigenvalue weighted by atomic mass is 19.1. The molecule has 1 fully saturated rings. The molecule has 1 aliphatic rings. The van der Waals surface area contributed by atoms with Crippen LogP contribution in [0.2, 0.25) is 0 Å². The highest BCUT2D eigenvalue weighted by molar-refractivity contribution is 5.83. The van der Waals surface area contributed by atoms with E-state index in [1.54, 1.807) is 31.5 Å². The van der Waals surface area contributed by atoms with Gasteiger partial charge in [0, 0.05) is 36.1 Å². The van der Waals surface area contributed by atoms with Gasteiger partial charge < -0.3 is 19.5 Å². The molecule has 0 amide bonds. The quantitative estimate of drug-likeness (QED) is 0.377. The molecular weight excluding hydrogens is 473 g/mol. The highest BCUT2D eigenvalue weighted by Crippen LogP contribution is 2.39. The molecule has 0 unspecified atom stereocenters. The normalized spacial score (nSPS) is 14.9. The van der Waals surface area contributed by atoms with Crippen LogP contribution in [-0.4, -0.2) is 47.3 Å². The first kappa shape index (κ1) is 26.4. The van der Waals surface area contributed by atoms with Gasteiger partial charge in [-0.3, -0.25) is 14.8 Å². The maximum atomic E-state index is 13.4. The molecular formula is C29H34FN3O4. The third-order valence-corrected chi connectivity index (χ3v) is 6.89.